The van der Waals surface area contributed by atoms with E-state index in [0.29, 0.717) is 94.1 Å². The molecule has 0 unspecified atom stereocenters. The van der Waals surface area contributed by atoms with Gasteiger partial charge in [-0.2, -0.15) is 26.3 Å². The molecule has 12 nitrogen and oxygen atoms in total. The number of nitrogens with zero attached hydrogens (tertiary/aromatic N) is 4. The number of halogens is 6. The van der Waals surface area contributed by atoms with Gasteiger partial charge in [0.2, 0.25) is 11.8 Å². The predicted molar refractivity (Wildman–Crippen MR) is 290 cm³/mol. The molecule has 2 aliphatic heterocycles. The van der Waals surface area contributed by atoms with Crippen LogP contribution in [0.2, 0.25) is 0 Å². The van der Waals surface area contributed by atoms with Gasteiger partial charge in [-0.25, -0.2) is 0 Å². The van der Waals surface area contributed by atoms with Crippen molar-refractivity contribution in [1.29, 1.82) is 0 Å². The number of thiophene rings is 2. The minimum Gasteiger partial charge on any atom is -0.488 e. The van der Waals surface area contributed by atoms with Crippen molar-refractivity contribution in [2.24, 2.45) is 0 Å². The summed E-state index contributed by atoms with van der Waals surface area (Å²) in [5, 5.41) is 8.98. The van der Waals surface area contributed by atoms with Crippen LogP contribution in [0.15, 0.2) is 109 Å². The zero-order valence-corrected chi connectivity index (χ0v) is 45.6. The molecule has 0 radical (unpaired) electrons. The number of amides is 2. The number of hydrogen-bond acceptors (Lipinski definition) is 11. The average Bonchev–Trinajstić information content (AvgIpc) is 4.26. The maximum absolute atomic E-state index is 13.7. The lowest BCUT2D eigenvalue weighted by molar-refractivity contribution is -0.144. The molecule has 2 amide bonds. The molecule has 2 aromatic heterocycles. The molecule has 0 fully saturated rings. The van der Waals surface area contributed by atoms with Crippen LogP contribution in [0.4, 0.5) is 37.7 Å². The number of ether oxygens (including phenoxy) is 3. The molecule has 0 atom stereocenters. The minimum atomic E-state index is -4.46. The molecular formula is C58H62F6N4O8S2. The van der Waals surface area contributed by atoms with Crippen LogP contribution in [0, 0.1) is 0 Å². The van der Waals surface area contributed by atoms with E-state index >= 15 is 0 Å². The maximum Gasteiger partial charge on any atom is 0.426 e. The van der Waals surface area contributed by atoms with Gasteiger partial charge in [-0.05, 0) is 118 Å². The molecule has 0 aliphatic carbocycles. The predicted octanol–water partition coefficient (Wildman–Crippen LogP) is 12.7. The normalized spacial score (nSPS) is 13.2. The van der Waals surface area contributed by atoms with Gasteiger partial charge in [0.25, 0.3) is 0 Å². The van der Waals surface area contributed by atoms with E-state index in [1.807, 2.05) is 55.7 Å². The number of anilines is 2. The first-order chi connectivity index (χ1) is 37.1. The summed E-state index contributed by atoms with van der Waals surface area (Å²) in [6.07, 6.45) is -7.46. The van der Waals surface area contributed by atoms with Gasteiger partial charge in [0.1, 0.15) is 34.5 Å². The molecule has 0 saturated heterocycles. The Morgan fingerprint density at radius 1 is 0.603 bits per heavy atom. The van der Waals surface area contributed by atoms with Crippen molar-refractivity contribution in [3.05, 3.63) is 140 Å². The molecular weight excluding hydrogens is 1060 g/mol. The first-order valence-electron chi connectivity index (χ1n) is 25.6. The summed E-state index contributed by atoms with van der Waals surface area (Å²) in [5.41, 5.74) is 4.74. The number of benzene rings is 4. The highest BCUT2D eigenvalue weighted by Gasteiger charge is 2.38. The van der Waals surface area contributed by atoms with Crippen LogP contribution in [0.3, 0.4) is 0 Å². The van der Waals surface area contributed by atoms with Gasteiger partial charge in [0.05, 0.1) is 32.5 Å². The van der Waals surface area contributed by atoms with Gasteiger partial charge in [-0.1, -0.05) is 60.7 Å². The van der Waals surface area contributed by atoms with Crippen LogP contribution in [0.1, 0.15) is 78.1 Å². The standard InChI is InChI=1S/C30H33F3N2O4S.C28H29F3N2O4S/c1-4-38-28(37)13-14-34(20(2)3)18-27(36)35-15-12-22-16-23(10-11-26(22)35)39-19-24-17-25(21-8-6-5-7-9-21)29(40-24)30(31,32)33;1-18(2)32(12-11-26(35)36)16-25(34)33-13-10-20-14-21(8-9-24(20)33)37-17-22-15-23(19-6-4-3-5-7-19)27(38-22)28(29,30)31/h5-11,16-17,20H,4,12-15,18-19H2,1-3H3;3-9,14-15,18H,10-13,16-17H2,1-2H3,(H,35,36). The van der Waals surface area contributed by atoms with Gasteiger partial charge < -0.3 is 29.1 Å². The lowest BCUT2D eigenvalue weighted by atomic mass is 10.1. The number of hydrogen-bond donors (Lipinski definition) is 1. The third-order valence-corrected chi connectivity index (χ3v) is 15.5. The molecule has 4 heterocycles. The first-order valence-corrected chi connectivity index (χ1v) is 27.2. The number of aliphatic carboxylic acids is 1. The van der Waals surface area contributed by atoms with Gasteiger partial charge in [-0.3, -0.25) is 29.0 Å². The van der Waals surface area contributed by atoms with E-state index in [4.69, 9.17) is 19.3 Å². The highest BCUT2D eigenvalue weighted by Crippen LogP contribution is 2.45. The highest BCUT2D eigenvalue weighted by molar-refractivity contribution is 7.13. The summed E-state index contributed by atoms with van der Waals surface area (Å²) in [4.78, 5) is 55.8. The Labute approximate surface area is 457 Å². The van der Waals surface area contributed by atoms with E-state index in [1.54, 1.807) is 102 Å². The number of esters is 1. The van der Waals surface area contributed by atoms with Crippen LogP contribution in [0.5, 0.6) is 11.5 Å². The molecule has 1 N–H and O–H groups in total. The van der Waals surface area contributed by atoms with E-state index in [0.717, 1.165) is 22.5 Å². The topological polar surface area (TPSA) is 129 Å². The van der Waals surface area contributed by atoms with Crippen molar-refractivity contribution in [3.8, 4) is 33.8 Å². The Balaban J connectivity index is 0.000000226. The lowest BCUT2D eigenvalue weighted by Gasteiger charge is -2.28. The molecule has 0 bridgehead atoms. The fourth-order valence-corrected chi connectivity index (χ4v) is 11.1. The van der Waals surface area contributed by atoms with Crippen LogP contribution in [0.25, 0.3) is 22.3 Å². The Morgan fingerprint density at radius 2 is 1.01 bits per heavy atom. The van der Waals surface area contributed by atoms with Crippen LogP contribution >= 0.6 is 22.7 Å². The first kappa shape index (κ1) is 58.9. The van der Waals surface area contributed by atoms with Crippen molar-refractivity contribution < 1.29 is 64.8 Å². The fraction of sp³-hybridized carbons (Fsp3) is 0.379. The number of rotatable bonds is 21. The number of alkyl halides is 6. The number of carbonyl (C=O) groups excluding carboxylic acids is 3. The second-order valence-corrected chi connectivity index (χ2v) is 21.5. The molecule has 2 aliphatic rings. The van der Waals surface area contributed by atoms with E-state index < -0.39 is 28.1 Å². The van der Waals surface area contributed by atoms with E-state index in [-0.39, 0.29) is 86.7 Å². The zero-order chi connectivity index (χ0) is 56.3. The summed E-state index contributed by atoms with van der Waals surface area (Å²) < 4.78 is 98.9. The van der Waals surface area contributed by atoms with E-state index in [1.165, 1.54) is 6.07 Å². The zero-order valence-electron chi connectivity index (χ0n) is 43.9. The third kappa shape index (κ3) is 15.5. The molecule has 8 rings (SSSR count). The van der Waals surface area contributed by atoms with Crippen molar-refractivity contribution in [2.45, 2.75) is 98.0 Å². The van der Waals surface area contributed by atoms with Crippen LogP contribution < -0.4 is 19.3 Å². The summed E-state index contributed by atoms with van der Waals surface area (Å²) in [6.45, 7) is 11.9. The van der Waals surface area contributed by atoms with Crippen molar-refractivity contribution >= 4 is 57.8 Å². The Hall–Kier alpha value is -6.74. The van der Waals surface area contributed by atoms with Crippen LogP contribution in [-0.2, 0) is 62.3 Å². The van der Waals surface area contributed by atoms with Gasteiger partial charge in [0, 0.05) is 70.5 Å². The van der Waals surface area contributed by atoms with Crippen molar-refractivity contribution in [1.82, 2.24) is 9.80 Å². The monoisotopic (exact) mass is 1120 g/mol. The molecule has 20 heteroatoms. The van der Waals surface area contributed by atoms with Crippen molar-refractivity contribution in [3.63, 3.8) is 0 Å². The second-order valence-electron chi connectivity index (χ2n) is 19.2. The number of fused-ring (bicyclic) bond motifs is 2. The summed E-state index contributed by atoms with van der Waals surface area (Å²) in [5.74, 6) is -0.301. The minimum absolute atomic E-state index is 0.00502. The van der Waals surface area contributed by atoms with Crippen LogP contribution in [-0.4, -0.2) is 96.6 Å². The molecule has 6 aromatic rings. The molecule has 416 valence electrons. The number of carboxylic acid groups (broad SMARTS) is 1. The van der Waals surface area contributed by atoms with Crippen molar-refractivity contribution in [2.75, 3.05) is 55.7 Å². The summed E-state index contributed by atoms with van der Waals surface area (Å²) >= 11 is 1.37. The molecule has 0 saturated carbocycles. The smallest absolute Gasteiger partial charge is 0.426 e. The number of carboxylic acids is 1. The maximum atomic E-state index is 13.7. The largest absolute Gasteiger partial charge is 0.488 e. The SMILES string of the molecule is CC(C)N(CCC(=O)O)CC(=O)N1CCc2cc(OCc3cc(-c4ccccc4)c(C(F)(F)F)s3)ccc21.CCOC(=O)CCN(CC(=O)N1CCc2cc(OCc3cc(-c4ccccc4)c(C(F)(F)F)s3)ccc21)C(C)C. The van der Waals surface area contributed by atoms with E-state index in [2.05, 4.69) is 0 Å². The highest BCUT2D eigenvalue weighted by atomic mass is 32.1. The molecule has 4 aromatic carbocycles. The van der Waals surface area contributed by atoms with Gasteiger partial charge in [-0.15, -0.1) is 22.7 Å². The Kier molecular flexibility index (Phi) is 19.9. The Morgan fingerprint density at radius 3 is 1.38 bits per heavy atom. The third-order valence-electron chi connectivity index (χ3n) is 13.2. The fourth-order valence-electron chi connectivity index (χ4n) is 9.14. The Bertz CT molecular complexity index is 3020. The summed E-state index contributed by atoms with van der Waals surface area (Å²) in [6, 6.07) is 30.9. The summed E-state index contributed by atoms with van der Waals surface area (Å²) in [7, 11) is 0. The van der Waals surface area contributed by atoms with Gasteiger partial charge in [0.15, 0.2) is 0 Å². The molecule has 0 spiro atoms. The quantitative estimate of drug-likeness (QED) is 0.0549. The lowest BCUT2D eigenvalue weighted by Crippen LogP contribution is -2.43. The molecule has 78 heavy (non-hydrogen) atoms. The van der Waals surface area contributed by atoms with E-state index in [9.17, 15) is 45.5 Å². The average molecular weight is 1120 g/mol. The second kappa shape index (κ2) is 26.3. The van der Waals surface area contributed by atoms with Gasteiger partial charge >= 0.3 is 24.3 Å². The number of carbonyl (C=O) groups is 4.